The maximum Gasteiger partial charge on any atom is 0.0725 e. The molecule has 0 aliphatic heterocycles. The molecule has 4 aliphatic carbocycles. The van der Waals surface area contributed by atoms with Gasteiger partial charge >= 0.3 is 0 Å². The Morgan fingerprint density at radius 2 is 0.524 bits per heavy atom. The summed E-state index contributed by atoms with van der Waals surface area (Å²) in [6, 6.07) is 111. The van der Waals surface area contributed by atoms with E-state index in [9.17, 15) is 0 Å². The van der Waals surface area contributed by atoms with E-state index >= 15 is 0 Å². The minimum atomic E-state index is -0.497. The molecule has 0 saturated carbocycles. The van der Waals surface area contributed by atoms with E-state index in [2.05, 4.69) is 394 Å². The zero-order valence-corrected chi connectivity index (χ0v) is 61.4. The van der Waals surface area contributed by atoms with Gasteiger partial charge in [-0.15, -0.1) is 0 Å². The van der Waals surface area contributed by atoms with Crippen LogP contribution in [0.25, 0.3) is 146 Å². The van der Waals surface area contributed by atoms with Crippen molar-refractivity contribution in [2.45, 2.75) is 96.3 Å². The van der Waals surface area contributed by atoms with Gasteiger partial charge in [-0.05, 0) is 240 Å². The quantitative estimate of drug-likeness (QED) is 0.134. The van der Waals surface area contributed by atoms with Crippen molar-refractivity contribution in [1.82, 2.24) is 9.13 Å². The third-order valence-corrected chi connectivity index (χ3v) is 24.5. The Labute approximate surface area is 616 Å². The van der Waals surface area contributed by atoms with Gasteiger partial charge in [-0.25, -0.2) is 0 Å². The highest BCUT2D eigenvalue weighted by Gasteiger charge is 2.52. The van der Waals surface area contributed by atoms with Crippen LogP contribution in [-0.4, -0.2) is 9.13 Å². The lowest BCUT2D eigenvalue weighted by molar-refractivity contribution is 0.590. The second kappa shape index (κ2) is 22.6. The highest BCUT2D eigenvalue weighted by molar-refractivity contribution is 6.12. The van der Waals surface area contributed by atoms with Crippen molar-refractivity contribution in [3.05, 3.63) is 369 Å². The molecule has 0 bridgehead atoms. The summed E-state index contributed by atoms with van der Waals surface area (Å²) in [5, 5.41) is 5.07. The standard InChI is InChI=1S/C103H82N2/c1-99(2,3)71-39-43-73(44-40-71)104-95-25-17-13-21-83(95)85-59-67(37-53-97(85)104)69-35-51-79-77-47-31-63(55-89(77)101(7,8)91(79)61-69)27-29-65-33-49-81-82-50-34-66(58-94(82)103(93(81)57-65)87-23-15-11-19-75(87)76-20-12-16-24-88(76)103)30-28-64-32-48-78-80-52-36-70(62-92(80)102(9,10)90(78)56-64)68-38-54-98-86(60-68)84-22-14-18-26-96(84)105(98)74-45-41-72(42-46-74)100(4,5)6/h11-62H,1-10H3. The van der Waals surface area contributed by atoms with Crippen LogP contribution in [0.3, 0.4) is 0 Å². The topological polar surface area (TPSA) is 9.86 Å². The van der Waals surface area contributed by atoms with Crippen LogP contribution in [0.2, 0.25) is 0 Å². The average molecular weight is 1350 g/mol. The van der Waals surface area contributed by atoms with E-state index in [0.29, 0.717) is 0 Å². The molecule has 0 amide bonds. The molecule has 504 valence electrons. The van der Waals surface area contributed by atoms with Crippen LogP contribution in [-0.2, 0) is 27.1 Å². The Hall–Kier alpha value is -11.8. The van der Waals surface area contributed by atoms with Gasteiger partial charge in [0.1, 0.15) is 0 Å². The monoisotopic (exact) mass is 1350 g/mol. The zero-order valence-electron chi connectivity index (χ0n) is 61.4. The van der Waals surface area contributed by atoms with Crippen molar-refractivity contribution in [2.24, 2.45) is 0 Å². The summed E-state index contributed by atoms with van der Waals surface area (Å²) in [5.74, 6) is 0. The molecule has 14 aromatic carbocycles. The highest BCUT2D eigenvalue weighted by Crippen LogP contribution is 2.63. The zero-order chi connectivity index (χ0) is 71.2. The first-order valence-corrected chi connectivity index (χ1v) is 37.5. The van der Waals surface area contributed by atoms with Gasteiger partial charge in [0.2, 0.25) is 0 Å². The first kappa shape index (κ1) is 62.9. The van der Waals surface area contributed by atoms with Crippen LogP contribution in [0.4, 0.5) is 0 Å². The van der Waals surface area contributed by atoms with E-state index in [0.717, 1.165) is 0 Å². The van der Waals surface area contributed by atoms with Crippen molar-refractivity contribution >= 4 is 67.9 Å². The van der Waals surface area contributed by atoms with Crippen LogP contribution in [0.15, 0.2) is 291 Å². The van der Waals surface area contributed by atoms with Crippen LogP contribution in [0.1, 0.15) is 147 Å². The Morgan fingerprint density at radius 3 is 0.905 bits per heavy atom. The van der Waals surface area contributed by atoms with Crippen LogP contribution < -0.4 is 0 Å². The lowest BCUT2D eigenvalue weighted by Gasteiger charge is -2.30. The smallest absolute Gasteiger partial charge is 0.0725 e. The predicted octanol–water partition coefficient (Wildman–Crippen LogP) is 27.1. The Balaban J connectivity index is 0.591. The van der Waals surface area contributed by atoms with E-state index in [1.807, 2.05) is 0 Å². The SMILES string of the molecule is CC(C)(C)c1ccc(-n2c3ccccc3c3cc(-c4ccc5c(c4)C(C)(C)c4cc(C=Cc6ccc7c(c6)C6(c8ccccc8-c8ccccc86)c6cc(C=Cc8ccc9c(c8)C(C)(C)c8cc(-c%10ccc%11c(c%10)c%10ccccc%10n%11-c%10ccc(C(C)(C)C)cc%10)ccc8-9)ccc6-7)ccc4-5)ccc32)cc1. The number of rotatable bonds is 8. The first-order valence-electron chi connectivity index (χ1n) is 37.5. The van der Waals surface area contributed by atoms with Gasteiger partial charge in [-0.2, -0.15) is 0 Å². The van der Waals surface area contributed by atoms with Crippen LogP contribution >= 0.6 is 0 Å². The Kier molecular flexibility index (Phi) is 13.5. The van der Waals surface area contributed by atoms with E-state index in [4.69, 9.17) is 0 Å². The van der Waals surface area contributed by atoms with Crippen molar-refractivity contribution in [3.63, 3.8) is 0 Å². The maximum atomic E-state index is 2.49. The lowest BCUT2D eigenvalue weighted by Crippen LogP contribution is -2.26. The molecule has 4 aliphatic rings. The lowest BCUT2D eigenvalue weighted by atomic mass is 9.70. The fraction of sp³-hybridized carbons (Fsp3) is 0.146. The third-order valence-electron chi connectivity index (χ3n) is 24.5. The number of aromatic nitrogens is 2. The van der Waals surface area contributed by atoms with Crippen LogP contribution in [0, 0.1) is 0 Å². The van der Waals surface area contributed by atoms with E-state index in [1.54, 1.807) is 0 Å². The molecule has 16 aromatic rings. The summed E-state index contributed by atoms with van der Waals surface area (Å²) in [6.07, 6.45) is 9.34. The predicted molar refractivity (Wildman–Crippen MR) is 446 cm³/mol. The first-order chi connectivity index (χ1) is 50.8. The summed E-state index contributed by atoms with van der Waals surface area (Å²) >= 11 is 0. The van der Waals surface area contributed by atoms with Gasteiger partial charge in [0.05, 0.1) is 27.5 Å². The van der Waals surface area contributed by atoms with Gasteiger partial charge < -0.3 is 9.13 Å². The summed E-state index contributed by atoms with van der Waals surface area (Å²) in [4.78, 5) is 0. The Morgan fingerprint density at radius 1 is 0.238 bits per heavy atom. The summed E-state index contributed by atoms with van der Waals surface area (Å²) in [7, 11) is 0. The van der Waals surface area contributed by atoms with Crippen molar-refractivity contribution in [1.29, 1.82) is 0 Å². The number of benzene rings is 14. The molecule has 0 atom stereocenters. The molecule has 0 saturated heterocycles. The third kappa shape index (κ3) is 9.41. The van der Waals surface area contributed by atoms with E-state index in [1.165, 1.54) is 200 Å². The van der Waals surface area contributed by atoms with Gasteiger partial charge in [0.15, 0.2) is 0 Å². The molecule has 0 radical (unpaired) electrons. The number of para-hydroxylation sites is 2. The highest BCUT2D eigenvalue weighted by atomic mass is 15.0. The molecule has 1 spiro atoms. The van der Waals surface area contributed by atoms with E-state index in [-0.39, 0.29) is 21.7 Å². The number of nitrogens with zero attached hydrogens (tertiary/aromatic N) is 2. The molecule has 2 aromatic heterocycles. The molecular weight excluding hydrogens is 1270 g/mol. The normalized spacial score (nSPS) is 14.7. The minimum Gasteiger partial charge on any atom is -0.309 e. The molecule has 0 unspecified atom stereocenters. The summed E-state index contributed by atoms with van der Waals surface area (Å²) in [5.41, 5.74) is 40.3. The molecule has 2 nitrogen and oxygen atoms in total. The number of hydrogen-bond acceptors (Lipinski definition) is 0. The van der Waals surface area contributed by atoms with Gasteiger partial charge in [0.25, 0.3) is 0 Å². The molecule has 2 heterocycles. The summed E-state index contributed by atoms with van der Waals surface area (Å²) in [6.45, 7) is 23.3. The average Bonchev–Trinajstić information content (AvgIpc) is 1.50. The van der Waals surface area contributed by atoms with Gasteiger partial charge in [-0.3, -0.25) is 0 Å². The van der Waals surface area contributed by atoms with E-state index < -0.39 is 5.41 Å². The fourth-order valence-electron chi connectivity index (χ4n) is 18.9. The Bertz CT molecular complexity index is 6060. The summed E-state index contributed by atoms with van der Waals surface area (Å²) < 4.78 is 4.85. The van der Waals surface area contributed by atoms with Crippen LogP contribution in [0.5, 0.6) is 0 Å². The van der Waals surface area contributed by atoms with Crippen molar-refractivity contribution < 1.29 is 0 Å². The second-order valence-corrected chi connectivity index (χ2v) is 33.3. The van der Waals surface area contributed by atoms with Gasteiger partial charge in [-0.1, -0.05) is 300 Å². The molecule has 0 fully saturated rings. The van der Waals surface area contributed by atoms with Gasteiger partial charge in [0, 0.05) is 43.7 Å². The largest absolute Gasteiger partial charge is 0.309 e. The fourth-order valence-corrected chi connectivity index (χ4v) is 18.9. The minimum absolute atomic E-state index is 0.0922. The molecule has 2 heteroatoms. The molecular formula is C103H82N2. The molecule has 105 heavy (non-hydrogen) atoms. The number of hydrogen-bond donors (Lipinski definition) is 0. The molecule has 20 rings (SSSR count). The number of fused-ring (bicyclic) bond motifs is 22. The second-order valence-electron chi connectivity index (χ2n) is 33.3. The maximum absolute atomic E-state index is 2.49. The van der Waals surface area contributed by atoms with Crippen molar-refractivity contribution in [3.8, 4) is 78.1 Å². The van der Waals surface area contributed by atoms with Crippen molar-refractivity contribution in [2.75, 3.05) is 0 Å². The molecule has 0 N–H and O–H groups in total.